The molecule has 0 saturated heterocycles. The summed E-state index contributed by atoms with van der Waals surface area (Å²) in [5, 5.41) is 5.13. The van der Waals surface area contributed by atoms with Crippen molar-refractivity contribution in [2.75, 3.05) is 6.61 Å². The summed E-state index contributed by atoms with van der Waals surface area (Å²) >= 11 is 0. The molecule has 1 saturated carbocycles. The molecule has 4 nitrogen and oxygen atoms in total. The van der Waals surface area contributed by atoms with Gasteiger partial charge in [-0.3, -0.25) is 4.79 Å². The first-order valence-corrected chi connectivity index (χ1v) is 11.2. The molecule has 1 aliphatic rings. The quantitative estimate of drug-likeness (QED) is 0.477. The second kappa shape index (κ2) is 9.48. The molecule has 0 aliphatic heterocycles. The molecule has 30 heavy (non-hydrogen) atoms. The smallest absolute Gasteiger partial charge is 0.306 e. The molecule has 1 aromatic heterocycles. The minimum atomic E-state index is -0.115. The van der Waals surface area contributed by atoms with Gasteiger partial charge < -0.3 is 15.0 Å². The zero-order chi connectivity index (χ0) is 20.9. The van der Waals surface area contributed by atoms with Crippen LogP contribution in [0.3, 0.4) is 0 Å². The number of H-pyrrole nitrogens is 1. The predicted octanol–water partition coefficient (Wildman–Crippen LogP) is 5.65. The number of hydrogen-bond donors (Lipinski definition) is 2. The molecule has 0 spiro atoms. The summed E-state index contributed by atoms with van der Waals surface area (Å²) < 4.78 is 5.02. The summed E-state index contributed by atoms with van der Waals surface area (Å²) in [4.78, 5) is 14.9. The number of ether oxygens (including phenoxy) is 1. The molecule has 1 aliphatic carbocycles. The molecule has 2 N–H and O–H groups in total. The van der Waals surface area contributed by atoms with Crippen LogP contribution < -0.4 is 5.32 Å². The number of fused-ring (bicyclic) bond motifs is 1. The fourth-order valence-electron chi connectivity index (χ4n) is 4.78. The number of rotatable bonds is 8. The Morgan fingerprint density at radius 3 is 2.80 bits per heavy atom. The number of carbonyl (C=O) groups excluding carboxylic acids is 1. The summed E-state index contributed by atoms with van der Waals surface area (Å²) in [6, 6.07) is 18.3. The zero-order valence-electron chi connectivity index (χ0n) is 18.0. The van der Waals surface area contributed by atoms with E-state index >= 15 is 0 Å². The highest BCUT2D eigenvalue weighted by molar-refractivity contribution is 5.82. The fraction of sp³-hybridized carbons (Fsp3) is 0.423. The van der Waals surface area contributed by atoms with Gasteiger partial charge in [-0.1, -0.05) is 42.5 Å². The van der Waals surface area contributed by atoms with Crippen molar-refractivity contribution in [1.29, 1.82) is 0 Å². The maximum atomic E-state index is 11.5. The summed E-state index contributed by atoms with van der Waals surface area (Å²) in [6.07, 6.45) is 6.82. The Hall–Kier alpha value is -2.59. The van der Waals surface area contributed by atoms with Crippen LogP contribution in [0, 0.1) is 0 Å². The van der Waals surface area contributed by atoms with E-state index in [1.807, 2.05) is 13.1 Å². The minimum absolute atomic E-state index is 0.115. The normalized spacial score (nSPS) is 19.8. The third-order valence-electron chi connectivity index (χ3n) is 6.38. The number of aryl methyl sites for hydroxylation is 1. The molecule has 0 bridgehead atoms. The van der Waals surface area contributed by atoms with Crippen molar-refractivity contribution in [3.63, 3.8) is 0 Å². The van der Waals surface area contributed by atoms with Crippen LogP contribution in [0.4, 0.5) is 0 Å². The van der Waals surface area contributed by atoms with Crippen molar-refractivity contribution < 1.29 is 9.53 Å². The molecule has 3 aromatic rings. The molecule has 2 aromatic carbocycles. The Labute approximate surface area is 179 Å². The molecular formula is C26H32N2O2. The van der Waals surface area contributed by atoms with E-state index in [9.17, 15) is 4.79 Å². The van der Waals surface area contributed by atoms with E-state index < -0.39 is 0 Å². The average Bonchev–Trinajstić information content (AvgIpc) is 3.42. The van der Waals surface area contributed by atoms with Gasteiger partial charge in [0.05, 0.1) is 12.1 Å². The van der Waals surface area contributed by atoms with Crippen molar-refractivity contribution in [3.8, 4) is 0 Å². The molecule has 1 heterocycles. The third-order valence-corrected chi connectivity index (χ3v) is 6.38. The van der Waals surface area contributed by atoms with Crippen LogP contribution >= 0.6 is 0 Å². The van der Waals surface area contributed by atoms with E-state index in [-0.39, 0.29) is 5.97 Å². The molecule has 0 amide bonds. The van der Waals surface area contributed by atoms with Crippen molar-refractivity contribution in [1.82, 2.24) is 10.3 Å². The SMILES string of the molecule is CCOC(=O)CCc1ccc(C2CCC(NC(C)c3cccc4cc[nH]c34)C2)cc1. The Kier molecular flexibility index (Phi) is 6.53. The van der Waals surface area contributed by atoms with Crippen LogP contribution in [-0.4, -0.2) is 23.6 Å². The van der Waals surface area contributed by atoms with Crippen LogP contribution in [0.25, 0.3) is 10.9 Å². The van der Waals surface area contributed by atoms with E-state index in [0.29, 0.717) is 31.0 Å². The molecule has 4 heteroatoms. The van der Waals surface area contributed by atoms with E-state index in [0.717, 1.165) is 6.42 Å². The number of aromatic amines is 1. The van der Waals surface area contributed by atoms with Crippen LogP contribution in [0.5, 0.6) is 0 Å². The summed E-state index contributed by atoms with van der Waals surface area (Å²) in [5.74, 6) is 0.491. The first kappa shape index (κ1) is 20.7. The second-order valence-corrected chi connectivity index (χ2v) is 8.43. The van der Waals surface area contributed by atoms with Gasteiger partial charge in [-0.25, -0.2) is 0 Å². The molecule has 1 fully saturated rings. The van der Waals surface area contributed by atoms with Crippen LogP contribution in [0.15, 0.2) is 54.7 Å². The summed E-state index contributed by atoms with van der Waals surface area (Å²) in [7, 11) is 0. The fourth-order valence-corrected chi connectivity index (χ4v) is 4.78. The topological polar surface area (TPSA) is 54.1 Å². The lowest BCUT2D eigenvalue weighted by molar-refractivity contribution is -0.143. The number of para-hydroxylation sites is 1. The first-order chi connectivity index (χ1) is 14.6. The third kappa shape index (κ3) is 4.76. The Balaban J connectivity index is 1.32. The van der Waals surface area contributed by atoms with Gasteiger partial charge in [-0.15, -0.1) is 0 Å². The van der Waals surface area contributed by atoms with Crippen molar-refractivity contribution in [3.05, 3.63) is 71.4 Å². The number of aromatic nitrogens is 1. The molecule has 158 valence electrons. The molecule has 4 rings (SSSR count). The zero-order valence-corrected chi connectivity index (χ0v) is 18.0. The van der Waals surface area contributed by atoms with Crippen molar-refractivity contribution in [2.45, 2.75) is 64.0 Å². The van der Waals surface area contributed by atoms with Gasteiger partial charge in [0, 0.05) is 24.7 Å². The predicted molar refractivity (Wildman–Crippen MR) is 122 cm³/mol. The number of hydrogen-bond acceptors (Lipinski definition) is 3. The highest BCUT2D eigenvalue weighted by Gasteiger charge is 2.27. The standard InChI is InChI=1S/C26H32N2O2/c1-3-30-25(29)14-9-19-7-10-20(11-8-19)22-12-13-23(17-22)28-18(2)24-6-4-5-21-15-16-27-26(21)24/h4-8,10-11,15-16,18,22-23,27-28H,3,9,12-14,17H2,1-2H3. The van der Waals surface area contributed by atoms with E-state index in [1.54, 1.807) is 0 Å². The number of benzene rings is 2. The summed E-state index contributed by atoms with van der Waals surface area (Å²) in [5.41, 5.74) is 5.20. The summed E-state index contributed by atoms with van der Waals surface area (Å²) in [6.45, 7) is 4.56. The number of esters is 1. The first-order valence-electron chi connectivity index (χ1n) is 11.2. The largest absolute Gasteiger partial charge is 0.466 e. The van der Waals surface area contributed by atoms with Crippen molar-refractivity contribution in [2.24, 2.45) is 0 Å². The van der Waals surface area contributed by atoms with Gasteiger partial charge in [-0.05, 0) is 73.6 Å². The van der Waals surface area contributed by atoms with Crippen LogP contribution in [0.2, 0.25) is 0 Å². The van der Waals surface area contributed by atoms with Crippen LogP contribution in [0.1, 0.15) is 68.2 Å². The monoisotopic (exact) mass is 404 g/mol. The molecular weight excluding hydrogens is 372 g/mol. The second-order valence-electron chi connectivity index (χ2n) is 8.43. The maximum Gasteiger partial charge on any atom is 0.306 e. The molecule has 3 atom stereocenters. The van der Waals surface area contributed by atoms with Gasteiger partial charge in [0.25, 0.3) is 0 Å². The van der Waals surface area contributed by atoms with Gasteiger partial charge in [0.15, 0.2) is 0 Å². The number of carbonyl (C=O) groups is 1. The highest BCUT2D eigenvalue weighted by Crippen LogP contribution is 2.36. The average molecular weight is 405 g/mol. The van der Waals surface area contributed by atoms with Crippen molar-refractivity contribution >= 4 is 16.9 Å². The van der Waals surface area contributed by atoms with Gasteiger partial charge >= 0.3 is 5.97 Å². The lowest BCUT2D eigenvalue weighted by Gasteiger charge is -2.21. The van der Waals surface area contributed by atoms with Gasteiger partial charge in [-0.2, -0.15) is 0 Å². The van der Waals surface area contributed by atoms with Gasteiger partial charge in [0.2, 0.25) is 0 Å². The van der Waals surface area contributed by atoms with E-state index in [2.05, 4.69) is 65.8 Å². The van der Waals surface area contributed by atoms with Gasteiger partial charge in [0.1, 0.15) is 0 Å². The highest BCUT2D eigenvalue weighted by atomic mass is 16.5. The Morgan fingerprint density at radius 1 is 1.17 bits per heavy atom. The number of nitrogens with one attached hydrogen (secondary N) is 2. The minimum Gasteiger partial charge on any atom is -0.466 e. The molecule has 3 unspecified atom stereocenters. The lowest BCUT2D eigenvalue weighted by atomic mass is 9.95. The Bertz CT molecular complexity index is 976. The van der Waals surface area contributed by atoms with Crippen LogP contribution in [-0.2, 0) is 16.0 Å². The molecule has 0 radical (unpaired) electrons. The lowest BCUT2D eigenvalue weighted by Crippen LogP contribution is -2.29. The van der Waals surface area contributed by atoms with E-state index in [4.69, 9.17) is 4.74 Å². The maximum absolute atomic E-state index is 11.5. The Morgan fingerprint density at radius 2 is 2.00 bits per heavy atom. The van der Waals surface area contributed by atoms with E-state index in [1.165, 1.54) is 46.9 Å².